The van der Waals surface area contributed by atoms with Crippen molar-refractivity contribution in [2.24, 2.45) is 0 Å². The van der Waals surface area contributed by atoms with E-state index in [1.807, 2.05) is 0 Å². The van der Waals surface area contributed by atoms with Crippen LogP contribution >= 0.6 is 15.9 Å². The molecule has 0 spiro atoms. The van der Waals surface area contributed by atoms with Crippen LogP contribution in [0.3, 0.4) is 0 Å². The SMILES string of the molecule is O=C(C#CBr)NCC1COCCO1. The predicted molar refractivity (Wildman–Crippen MR) is 50.3 cm³/mol. The molecule has 1 rings (SSSR count). The lowest BCUT2D eigenvalue weighted by Crippen LogP contribution is -2.39. The molecule has 0 aromatic carbocycles. The third-order valence-corrected chi connectivity index (χ3v) is 1.73. The molecule has 72 valence electrons. The van der Waals surface area contributed by atoms with Crippen LogP contribution in [0, 0.1) is 10.8 Å². The number of halogens is 1. The van der Waals surface area contributed by atoms with Crippen LogP contribution in [0.25, 0.3) is 0 Å². The van der Waals surface area contributed by atoms with E-state index in [2.05, 4.69) is 32.0 Å². The second-order valence-electron chi connectivity index (χ2n) is 2.50. The van der Waals surface area contributed by atoms with Crippen molar-refractivity contribution in [1.29, 1.82) is 0 Å². The van der Waals surface area contributed by atoms with E-state index in [4.69, 9.17) is 9.47 Å². The van der Waals surface area contributed by atoms with Gasteiger partial charge in [-0.25, -0.2) is 0 Å². The van der Waals surface area contributed by atoms with Crippen LogP contribution in [0.2, 0.25) is 0 Å². The number of amides is 1. The van der Waals surface area contributed by atoms with Gasteiger partial charge < -0.3 is 14.8 Å². The zero-order chi connectivity index (χ0) is 9.52. The molecule has 1 atom stereocenters. The average Bonchev–Trinajstić information content (AvgIpc) is 2.17. The molecule has 1 N–H and O–H groups in total. The number of hydrogen-bond acceptors (Lipinski definition) is 3. The van der Waals surface area contributed by atoms with Gasteiger partial charge in [0.05, 0.1) is 25.9 Å². The van der Waals surface area contributed by atoms with Crippen LogP contribution in [0.4, 0.5) is 0 Å². The summed E-state index contributed by atoms with van der Waals surface area (Å²) in [5.41, 5.74) is 0. The summed E-state index contributed by atoms with van der Waals surface area (Å²) in [4.78, 5) is 13.2. The quantitative estimate of drug-likeness (QED) is 0.693. The Morgan fingerprint density at radius 3 is 3.08 bits per heavy atom. The summed E-state index contributed by atoms with van der Waals surface area (Å²) >= 11 is 2.84. The maximum absolute atomic E-state index is 10.9. The minimum absolute atomic E-state index is 0.0465. The first kappa shape index (κ1) is 10.5. The molecule has 1 aliphatic rings. The second kappa shape index (κ2) is 5.97. The number of nitrogens with one attached hydrogen (secondary N) is 1. The summed E-state index contributed by atoms with van der Waals surface area (Å²) in [6.45, 7) is 2.19. The van der Waals surface area contributed by atoms with Gasteiger partial charge in [0.25, 0.3) is 5.91 Å². The van der Waals surface area contributed by atoms with Crippen molar-refractivity contribution in [2.45, 2.75) is 6.10 Å². The van der Waals surface area contributed by atoms with Crippen molar-refractivity contribution in [2.75, 3.05) is 26.4 Å². The Kier molecular flexibility index (Phi) is 4.83. The Morgan fingerprint density at radius 1 is 1.62 bits per heavy atom. The highest BCUT2D eigenvalue weighted by Gasteiger charge is 2.14. The van der Waals surface area contributed by atoms with Gasteiger partial charge in [-0.3, -0.25) is 4.79 Å². The fourth-order valence-electron chi connectivity index (χ4n) is 0.948. The van der Waals surface area contributed by atoms with Gasteiger partial charge in [0.2, 0.25) is 0 Å². The monoisotopic (exact) mass is 247 g/mol. The highest BCUT2D eigenvalue weighted by Crippen LogP contribution is 1.98. The van der Waals surface area contributed by atoms with Gasteiger partial charge >= 0.3 is 0 Å². The summed E-state index contributed by atoms with van der Waals surface area (Å²) in [6.07, 6.45) is -0.0465. The highest BCUT2D eigenvalue weighted by molar-refractivity contribution is 9.12. The third kappa shape index (κ3) is 4.27. The fraction of sp³-hybridized carbons (Fsp3) is 0.625. The predicted octanol–water partition coefficient (Wildman–Crippen LogP) is -0.126. The zero-order valence-corrected chi connectivity index (χ0v) is 8.59. The first-order valence-electron chi connectivity index (χ1n) is 3.91. The molecule has 1 aliphatic heterocycles. The third-order valence-electron chi connectivity index (χ3n) is 1.54. The number of ether oxygens (including phenoxy) is 2. The normalized spacial score (nSPS) is 21.5. The first-order valence-corrected chi connectivity index (χ1v) is 4.71. The number of hydrogen-bond donors (Lipinski definition) is 1. The molecule has 0 radical (unpaired) electrons. The Balaban J connectivity index is 2.16. The lowest BCUT2D eigenvalue weighted by atomic mass is 10.3. The molecular weight excluding hydrogens is 238 g/mol. The van der Waals surface area contributed by atoms with Gasteiger partial charge in [-0.1, -0.05) is 0 Å². The minimum atomic E-state index is -0.314. The summed E-state index contributed by atoms with van der Waals surface area (Å²) in [5.74, 6) is 1.99. The Morgan fingerprint density at radius 2 is 2.46 bits per heavy atom. The Bertz CT molecular complexity index is 227. The smallest absolute Gasteiger partial charge is 0.296 e. The van der Waals surface area contributed by atoms with Crippen molar-refractivity contribution in [3.63, 3.8) is 0 Å². The molecule has 1 heterocycles. The van der Waals surface area contributed by atoms with E-state index in [1.165, 1.54) is 0 Å². The standard InChI is InChI=1S/C8H10BrNO3/c9-2-1-8(11)10-5-7-6-12-3-4-13-7/h7H,3-6H2,(H,10,11). The van der Waals surface area contributed by atoms with E-state index in [-0.39, 0.29) is 12.0 Å². The van der Waals surface area contributed by atoms with Crippen LogP contribution in [-0.2, 0) is 14.3 Å². The molecule has 5 heteroatoms. The van der Waals surface area contributed by atoms with E-state index >= 15 is 0 Å². The van der Waals surface area contributed by atoms with Gasteiger partial charge in [0, 0.05) is 28.4 Å². The van der Waals surface area contributed by atoms with E-state index in [9.17, 15) is 4.79 Å². The highest BCUT2D eigenvalue weighted by atomic mass is 79.9. The molecule has 1 unspecified atom stereocenters. The van der Waals surface area contributed by atoms with Gasteiger partial charge in [0.1, 0.15) is 0 Å². The van der Waals surface area contributed by atoms with Gasteiger partial charge in [-0.05, 0) is 4.83 Å². The molecule has 0 aliphatic carbocycles. The van der Waals surface area contributed by atoms with Crippen LogP contribution in [0.1, 0.15) is 0 Å². The van der Waals surface area contributed by atoms with Crippen LogP contribution in [0.5, 0.6) is 0 Å². The van der Waals surface area contributed by atoms with Gasteiger partial charge in [0.15, 0.2) is 0 Å². The van der Waals surface area contributed by atoms with Gasteiger partial charge in [-0.15, -0.1) is 0 Å². The van der Waals surface area contributed by atoms with E-state index < -0.39 is 0 Å². The zero-order valence-electron chi connectivity index (χ0n) is 7.01. The molecule has 0 saturated carbocycles. The molecule has 0 aromatic heterocycles. The Labute approximate surface area is 85.1 Å². The summed E-state index contributed by atoms with van der Waals surface area (Å²) in [6, 6.07) is 0. The summed E-state index contributed by atoms with van der Waals surface area (Å²) < 4.78 is 10.5. The molecule has 1 fully saturated rings. The molecular formula is C8H10BrNO3. The van der Waals surface area contributed by atoms with Crippen LogP contribution in [0.15, 0.2) is 0 Å². The lowest BCUT2D eigenvalue weighted by molar-refractivity contribution is -0.118. The molecule has 13 heavy (non-hydrogen) atoms. The van der Waals surface area contributed by atoms with E-state index in [0.29, 0.717) is 26.4 Å². The number of carbonyl (C=O) groups is 1. The topological polar surface area (TPSA) is 47.6 Å². The summed E-state index contributed by atoms with van der Waals surface area (Å²) in [5, 5.41) is 2.61. The van der Waals surface area contributed by atoms with Crippen molar-refractivity contribution < 1.29 is 14.3 Å². The fourth-order valence-corrected chi connectivity index (χ4v) is 1.13. The molecule has 0 bridgehead atoms. The van der Waals surface area contributed by atoms with Crippen LogP contribution < -0.4 is 5.32 Å². The lowest BCUT2D eigenvalue weighted by Gasteiger charge is -2.22. The number of carbonyl (C=O) groups excluding carboxylic acids is 1. The Hall–Kier alpha value is -0.570. The second-order valence-corrected chi connectivity index (χ2v) is 2.89. The van der Waals surface area contributed by atoms with Crippen molar-refractivity contribution in [1.82, 2.24) is 5.32 Å². The van der Waals surface area contributed by atoms with Gasteiger partial charge in [-0.2, -0.15) is 0 Å². The van der Waals surface area contributed by atoms with Crippen molar-refractivity contribution in [3.8, 4) is 10.8 Å². The minimum Gasteiger partial charge on any atom is -0.376 e. The average molecular weight is 248 g/mol. The van der Waals surface area contributed by atoms with Crippen molar-refractivity contribution >= 4 is 21.8 Å². The maximum atomic E-state index is 10.9. The molecule has 1 amide bonds. The van der Waals surface area contributed by atoms with E-state index in [0.717, 1.165) is 0 Å². The number of rotatable bonds is 2. The largest absolute Gasteiger partial charge is 0.376 e. The summed E-state index contributed by atoms with van der Waals surface area (Å²) in [7, 11) is 0. The van der Waals surface area contributed by atoms with E-state index in [1.54, 1.807) is 0 Å². The maximum Gasteiger partial charge on any atom is 0.296 e. The van der Waals surface area contributed by atoms with Crippen LogP contribution in [-0.4, -0.2) is 38.4 Å². The molecule has 1 saturated heterocycles. The molecule has 4 nitrogen and oxygen atoms in total. The first-order chi connectivity index (χ1) is 6.33. The molecule has 0 aromatic rings. The van der Waals surface area contributed by atoms with Crippen molar-refractivity contribution in [3.05, 3.63) is 0 Å².